The topological polar surface area (TPSA) is 32.3 Å². The first-order valence-corrected chi connectivity index (χ1v) is 7.19. The maximum absolute atomic E-state index is 12.2. The summed E-state index contributed by atoms with van der Waals surface area (Å²) in [5, 5.41) is 3.44. The van der Waals surface area contributed by atoms with E-state index < -0.39 is 0 Å². The van der Waals surface area contributed by atoms with E-state index in [9.17, 15) is 4.79 Å². The first-order valence-electron chi connectivity index (χ1n) is 7.19. The number of piperidine rings is 1. The highest BCUT2D eigenvalue weighted by molar-refractivity contribution is 5.81. The van der Waals surface area contributed by atoms with Crippen LogP contribution in [0.3, 0.4) is 0 Å². The van der Waals surface area contributed by atoms with Gasteiger partial charge in [-0.3, -0.25) is 4.79 Å². The van der Waals surface area contributed by atoms with Crippen LogP contribution >= 0.6 is 0 Å². The van der Waals surface area contributed by atoms with Crippen LogP contribution in [0.2, 0.25) is 0 Å². The van der Waals surface area contributed by atoms with Crippen molar-refractivity contribution < 1.29 is 4.79 Å². The largest absolute Gasteiger partial charge is 0.341 e. The maximum Gasteiger partial charge on any atom is 0.239 e. The summed E-state index contributed by atoms with van der Waals surface area (Å²) >= 11 is 0. The summed E-state index contributed by atoms with van der Waals surface area (Å²) in [4.78, 5) is 14.2. The zero-order valence-electron chi connectivity index (χ0n) is 11.3. The summed E-state index contributed by atoms with van der Waals surface area (Å²) in [6.07, 6.45) is 7.55. The third-order valence-electron chi connectivity index (χ3n) is 4.53. The second kappa shape index (κ2) is 5.38. The lowest BCUT2D eigenvalue weighted by Gasteiger charge is -2.30. The van der Waals surface area contributed by atoms with Crippen molar-refractivity contribution >= 4 is 5.91 Å². The van der Waals surface area contributed by atoms with Crippen molar-refractivity contribution in [3.63, 3.8) is 0 Å². The highest BCUT2D eigenvalue weighted by Gasteiger charge is 2.40. The molecule has 98 valence electrons. The molecule has 3 heteroatoms. The summed E-state index contributed by atoms with van der Waals surface area (Å²) in [6, 6.07) is -0.00266. The smallest absolute Gasteiger partial charge is 0.239 e. The van der Waals surface area contributed by atoms with Crippen molar-refractivity contribution in [2.24, 2.45) is 5.41 Å². The van der Waals surface area contributed by atoms with Crippen LogP contribution < -0.4 is 5.32 Å². The SMILES string of the molecule is CCC1(CNC(C)C(=O)N2CCCCC2)CC1. The number of hydrogen-bond donors (Lipinski definition) is 1. The van der Waals surface area contributed by atoms with Crippen molar-refractivity contribution in [1.29, 1.82) is 0 Å². The molecule has 2 rings (SSSR count). The van der Waals surface area contributed by atoms with Crippen LogP contribution in [0, 0.1) is 5.41 Å². The normalized spacial score (nSPS) is 24.5. The predicted molar refractivity (Wildman–Crippen MR) is 69.9 cm³/mol. The first-order chi connectivity index (χ1) is 8.17. The van der Waals surface area contributed by atoms with Gasteiger partial charge < -0.3 is 10.2 Å². The molecule has 1 unspecified atom stereocenters. The molecule has 0 bridgehead atoms. The van der Waals surface area contributed by atoms with Gasteiger partial charge in [-0.2, -0.15) is 0 Å². The fraction of sp³-hybridized carbons (Fsp3) is 0.929. The van der Waals surface area contributed by atoms with Crippen molar-refractivity contribution in [3.05, 3.63) is 0 Å². The monoisotopic (exact) mass is 238 g/mol. The Hall–Kier alpha value is -0.570. The number of hydrogen-bond acceptors (Lipinski definition) is 2. The fourth-order valence-corrected chi connectivity index (χ4v) is 2.68. The van der Waals surface area contributed by atoms with Gasteiger partial charge in [-0.25, -0.2) is 0 Å². The van der Waals surface area contributed by atoms with Crippen LogP contribution in [0.4, 0.5) is 0 Å². The Balaban J connectivity index is 1.74. The van der Waals surface area contributed by atoms with Gasteiger partial charge in [-0.15, -0.1) is 0 Å². The predicted octanol–water partition coefficient (Wildman–Crippen LogP) is 2.17. The standard InChI is InChI=1S/C14H26N2O/c1-3-14(7-8-14)11-15-12(2)13(17)16-9-5-4-6-10-16/h12,15H,3-11H2,1-2H3. The molecule has 1 amide bonds. The van der Waals surface area contributed by atoms with Crippen LogP contribution in [0.25, 0.3) is 0 Å². The van der Waals surface area contributed by atoms with Crippen molar-refractivity contribution in [1.82, 2.24) is 10.2 Å². The van der Waals surface area contributed by atoms with Crippen molar-refractivity contribution in [3.8, 4) is 0 Å². The molecular weight excluding hydrogens is 212 g/mol. The Morgan fingerprint density at radius 1 is 1.29 bits per heavy atom. The van der Waals surface area contributed by atoms with Crippen LogP contribution in [0.15, 0.2) is 0 Å². The summed E-state index contributed by atoms with van der Waals surface area (Å²) < 4.78 is 0. The van der Waals surface area contributed by atoms with Gasteiger partial charge in [0.1, 0.15) is 0 Å². The molecule has 3 nitrogen and oxygen atoms in total. The second-order valence-corrected chi connectivity index (χ2v) is 5.84. The van der Waals surface area contributed by atoms with E-state index in [1.807, 2.05) is 11.8 Å². The minimum atomic E-state index is -0.00266. The lowest BCUT2D eigenvalue weighted by molar-refractivity contribution is -0.134. The molecule has 0 aromatic carbocycles. The number of likely N-dealkylation sites (tertiary alicyclic amines) is 1. The highest BCUT2D eigenvalue weighted by atomic mass is 16.2. The van der Waals surface area contributed by atoms with E-state index in [2.05, 4.69) is 12.2 Å². The van der Waals surface area contributed by atoms with Gasteiger partial charge >= 0.3 is 0 Å². The summed E-state index contributed by atoms with van der Waals surface area (Å²) in [7, 11) is 0. The average Bonchev–Trinajstić information content (AvgIpc) is 3.17. The maximum atomic E-state index is 12.2. The van der Waals surface area contributed by atoms with Crippen LogP contribution in [-0.4, -0.2) is 36.5 Å². The van der Waals surface area contributed by atoms with Gasteiger partial charge in [-0.05, 0) is 50.9 Å². The number of carbonyl (C=O) groups excluding carboxylic acids is 1. The second-order valence-electron chi connectivity index (χ2n) is 5.84. The molecule has 2 fully saturated rings. The summed E-state index contributed by atoms with van der Waals surface area (Å²) in [6.45, 7) is 7.21. The number of carbonyl (C=O) groups is 1. The Morgan fingerprint density at radius 2 is 1.94 bits per heavy atom. The lowest BCUT2D eigenvalue weighted by Crippen LogP contribution is -2.48. The Kier molecular flexibility index (Phi) is 4.08. The van der Waals surface area contributed by atoms with Gasteiger partial charge in [0.2, 0.25) is 5.91 Å². The molecule has 17 heavy (non-hydrogen) atoms. The third-order valence-corrected chi connectivity index (χ3v) is 4.53. The molecule has 0 aromatic heterocycles. The highest BCUT2D eigenvalue weighted by Crippen LogP contribution is 2.47. The third kappa shape index (κ3) is 3.21. The van der Waals surface area contributed by atoms with Gasteiger partial charge in [0.25, 0.3) is 0 Å². The number of nitrogens with zero attached hydrogens (tertiary/aromatic N) is 1. The Morgan fingerprint density at radius 3 is 2.47 bits per heavy atom. The lowest BCUT2D eigenvalue weighted by atomic mass is 10.0. The minimum Gasteiger partial charge on any atom is -0.341 e. The number of nitrogens with one attached hydrogen (secondary N) is 1. The average molecular weight is 238 g/mol. The van der Waals surface area contributed by atoms with E-state index >= 15 is 0 Å². The first kappa shape index (κ1) is 12.9. The zero-order chi connectivity index (χ0) is 12.3. The molecule has 0 aromatic rings. The van der Waals surface area contributed by atoms with Gasteiger partial charge in [0.05, 0.1) is 6.04 Å². The van der Waals surface area contributed by atoms with Crippen LogP contribution in [0.5, 0.6) is 0 Å². The summed E-state index contributed by atoms with van der Waals surface area (Å²) in [5.74, 6) is 0.302. The van der Waals surface area contributed by atoms with Crippen molar-refractivity contribution in [2.75, 3.05) is 19.6 Å². The molecule has 0 radical (unpaired) electrons. The Bertz CT molecular complexity index is 267. The number of rotatable bonds is 5. The molecule has 1 N–H and O–H groups in total. The van der Waals surface area contributed by atoms with E-state index in [4.69, 9.17) is 0 Å². The van der Waals surface area contributed by atoms with E-state index in [-0.39, 0.29) is 6.04 Å². The molecule has 1 aliphatic carbocycles. The molecule has 1 saturated carbocycles. The fourth-order valence-electron chi connectivity index (χ4n) is 2.68. The van der Waals surface area contributed by atoms with Gasteiger partial charge in [0, 0.05) is 19.6 Å². The molecule has 0 spiro atoms. The Labute approximate surface area is 105 Å². The van der Waals surface area contributed by atoms with E-state index in [0.717, 1.165) is 19.6 Å². The van der Waals surface area contributed by atoms with E-state index in [1.165, 1.54) is 38.5 Å². The molecule has 1 aliphatic heterocycles. The van der Waals surface area contributed by atoms with Crippen LogP contribution in [0.1, 0.15) is 52.4 Å². The zero-order valence-corrected chi connectivity index (χ0v) is 11.3. The molecule has 1 atom stereocenters. The summed E-state index contributed by atoms with van der Waals surface area (Å²) in [5.41, 5.74) is 0.524. The minimum absolute atomic E-state index is 0.00266. The molecule has 1 heterocycles. The van der Waals surface area contributed by atoms with Gasteiger partial charge in [0.15, 0.2) is 0 Å². The molecular formula is C14H26N2O. The van der Waals surface area contributed by atoms with Crippen LogP contribution in [-0.2, 0) is 4.79 Å². The van der Waals surface area contributed by atoms with E-state index in [1.54, 1.807) is 0 Å². The van der Waals surface area contributed by atoms with Crippen molar-refractivity contribution in [2.45, 2.75) is 58.4 Å². The quantitative estimate of drug-likeness (QED) is 0.796. The van der Waals surface area contributed by atoms with E-state index in [0.29, 0.717) is 11.3 Å². The molecule has 2 aliphatic rings. The number of amides is 1. The van der Waals surface area contributed by atoms with Gasteiger partial charge in [-0.1, -0.05) is 6.92 Å². The molecule has 1 saturated heterocycles.